The lowest BCUT2D eigenvalue weighted by Crippen LogP contribution is -2.41. The van der Waals surface area contributed by atoms with Crippen LogP contribution in [0.25, 0.3) is 10.9 Å². The first-order valence-electron chi connectivity index (χ1n) is 9.02. The summed E-state index contributed by atoms with van der Waals surface area (Å²) in [4.78, 5) is 29.7. The van der Waals surface area contributed by atoms with E-state index in [1.54, 1.807) is 0 Å². The average molecular weight is 363 g/mol. The minimum absolute atomic E-state index is 0.105. The third-order valence-electron chi connectivity index (χ3n) is 4.71. The Balaban J connectivity index is 1.38. The molecule has 0 radical (unpaired) electrons. The van der Waals surface area contributed by atoms with Gasteiger partial charge in [0.05, 0.1) is 19.6 Å². The minimum atomic E-state index is -0.191. The lowest BCUT2D eigenvalue weighted by Gasteiger charge is -2.26. The fourth-order valence-corrected chi connectivity index (χ4v) is 3.20. The highest BCUT2D eigenvalue weighted by molar-refractivity contribution is 6.05. The molecule has 0 spiro atoms. The summed E-state index contributed by atoms with van der Waals surface area (Å²) >= 11 is 0. The van der Waals surface area contributed by atoms with Crippen molar-refractivity contribution in [2.24, 2.45) is 0 Å². The van der Waals surface area contributed by atoms with Gasteiger partial charge in [0.1, 0.15) is 5.69 Å². The van der Waals surface area contributed by atoms with Gasteiger partial charge in [-0.05, 0) is 29.8 Å². The van der Waals surface area contributed by atoms with Crippen molar-refractivity contribution in [3.8, 4) is 0 Å². The van der Waals surface area contributed by atoms with Crippen LogP contribution in [-0.2, 0) is 16.0 Å². The molecule has 2 aromatic carbocycles. The first kappa shape index (κ1) is 17.3. The molecule has 0 aliphatic carbocycles. The molecule has 6 nitrogen and oxygen atoms in total. The second kappa shape index (κ2) is 7.63. The SMILES string of the molecule is O=C(Nc1ccc(CC(=O)N2CCOCC2)cc1)c1cc2ccccc2[nH]1. The van der Waals surface area contributed by atoms with Crippen LogP contribution in [0, 0.1) is 0 Å². The molecule has 3 aromatic rings. The molecular weight excluding hydrogens is 342 g/mol. The number of carbonyl (C=O) groups excluding carboxylic acids is 2. The minimum Gasteiger partial charge on any atom is -0.378 e. The molecule has 0 bridgehead atoms. The van der Waals surface area contributed by atoms with E-state index in [1.165, 1.54) is 0 Å². The van der Waals surface area contributed by atoms with Gasteiger partial charge in [-0.3, -0.25) is 9.59 Å². The summed E-state index contributed by atoms with van der Waals surface area (Å²) in [6, 6.07) is 17.0. The molecule has 1 aliphatic rings. The number of fused-ring (bicyclic) bond motifs is 1. The fourth-order valence-electron chi connectivity index (χ4n) is 3.20. The zero-order chi connectivity index (χ0) is 18.6. The van der Waals surface area contributed by atoms with E-state index in [4.69, 9.17) is 4.74 Å². The predicted molar refractivity (Wildman–Crippen MR) is 104 cm³/mol. The van der Waals surface area contributed by atoms with E-state index in [0.29, 0.717) is 44.1 Å². The molecule has 0 atom stereocenters. The Morgan fingerprint density at radius 1 is 1.04 bits per heavy atom. The Morgan fingerprint density at radius 2 is 1.78 bits per heavy atom. The van der Waals surface area contributed by atoms with Crippen molar-refractivity contribution in [2.45, 2.75) is 6.42 Å². The number of morpholine rings is 1. The second-order valence-electron chi connectivity index (χ2n) is 6.59. The topological polar surface area (TPSA) is 74.4 Å². The zero-order valence-corrected chi connectivity index (χ0v) is 14.9. The number of aromatic amines is 1. The van der Waals surface area contributed by atoms with Crippen molar-refractivity contribution in [3.63, 3.8) is 0 Å². The summed E-state index contributed by atoms with van der Waals surface area (Å²) in [5.74, 6) is -0.0866. The van der Waals surface area contributed by atoms with Gasteiger partial charge in [-0.1, -0.05) is 30.3 Å². The molecule has 2 heterocycles. The molecule has 0 unspecified atom stereocenters. The Labute approximate surface area is 157 Å². The quantitative estimate of drug-likeness (QED) is 0.749. The van der Waals surface area contributed by atoms with Crippen LogP contribution in [-0.4, -0.2) is 48.0 Å². The molecule has 1 aromatic heterocycles. The van der Waals surface area contributed by atoms with Crippen molar-refractivity contribution in [3.05, 3.63) is 65.9 Å². The number of benzene rings is 2. The van der Waals surface area contributed by atoms with E-state index >= 15 is 0 Å². The number of amides is 2. The number of hydrogen-bond donors (Lipinski definition) is 2. The van der Waals surface area contributed by atoms with Crippen LogP contribution in [0.3, 0.4) is 0 Å². The summed E-state index contributed by atoms with van der Waals surface area (Å²) < 4.78 is 5.27. The van der Waals surface area contributed by atoms with Gasteiger partial charge in [0.25, 0.3) is 5.91 Å². The van der Waals surface area contributed by atoms with Gasteiger partial charge < -0.3 is 19.9 Å². The first-order valence-corrected chi connectivity index (χ1v) is 9.02. The molecule has 138 valence electrons. The highest BCUT2D eigenvalue weighted by Gasteiger charge is 2.17. The van der Waals surface area contributed by atoms with Gasteiger partial charge >= 0.3 is 0 Å². The van der Waals surface area contributed by atoms with Crippen molar-refractivity contribution < 1.29 is 14.3 Å². The van der Waals surface area contributed by atoms with Crippen LogP contribution in [0.4, 0.5) is 5.69 Å². The summed E-state index contributed by atoms with van der Waals surface area (Å²) in [5, 5.41) is 3.88. The number of nitrogens with zero attached hydrogens (tertiary/aromatic N) is 1. The van der Waals surface area contributed by atoms with E-state index in [0.717, 1.165) is 16.5 Å². The van der Waals surface area contributed by atoms with E-state index in [-0.39, 0.29) is 11.8 Å². The smallest absolute Gasteiger partial charge is 0.272 e. The monoisotopic (exact) mass is 363 g/mol. The Hall–Kier alpha value is -3.12. The lowest BCUT2D eigenvalue weighted by molar-refractivity contribution is -0.134. The van der Waals surface area contributed by atoms with Gasteiger partial charge in [-0.2, -0.15) is 0 Å². The number of aromatic nitrogens is 1. The first-order chi connectivity index (χ1) is 13.2. The van der Waals surface area contributed by atoms with Crippen LogP contribution in [0.1, 0.15) is 16.1 Å². The molecule has 27 heavy (non-hydrogen) atoms. The summed E-state index contributed by atoms with van der Waals surface area (Å²) in [5.41, 5.74) is 3.07. The molecule has 1 fully saturated rings. The lowest BCUT2D eigenvalue weighted by atomic mass is 10.1. The number of anilines is 1. The molecule has 6 heteroatoms. The van der Waals surface area contributed by atoms with E-state index in [9.17, 15) is 9.59 Å². The fraction of sp³-hybridized carbons (Fsp3) is 0.238. The Kier molecular flexibility index (Phi) is 4.89. The molecule has 4 rings (SSSR count). The van der Waals surface area contributed by atoms with Crippen LogP contribution < -0.4 is 5.32 Å². The summed E-state index contributed by atoms with van der Waals surface area (Å²) in [6.45, 7) is 2.50. The number of rotatable bonds is 4. The maximum Gasteiger partial charge on any atom is 0.272 e. The maximum absolute atomic E-state index is 12.4. The van der Waals surface area contributed by atoms with Gasteiger partial charge in [0.2, 0.25) is 5.91 Å². The normalized spacial score (nSPS) is 14.3. The van der Waals surface area contributed by atoms with Crippen LogP contribution in [0.2, 0.25) is 0 Å². The Bertz CT molecular complexity index is 923. The number of carbonyl (C=O) groups is 2. The number of para-hydroxylation sites is 1. The van der Waals surface area contributed by atoms with Gasteiger partial charge in [-0.15, -0.1) is 0 Å². The maximum atomic E-state index is 12.4. The molecule has 1 aliphatic heterocycles. The van der Waals surface area contributed by atoms with Crippen molar-refractivity contribution in [1.82, 2.24) is 9.88 Å². The molecule has 2 N–H and O–H groups in total. The Morgan fingerprint density at radius 3 is 2.52 bits per heavy atom. The summed E-state index contributed by atoms with van der Waals surface area (Å²) in [6.07, 6.45) is 0.357. The number of H-pyrrole nitrogens is 1. The number of hydrogen-bond acceptors (Lipinski definition) is 3. The van der Waals surface area contributed by atoms with Crippen LogP contribution >= 0.6 is 0 Å². The highest BCUT2D eigenvalue weighted by Crippen LogP contribution is 2.17. The zero-order valence-electron chi connectivity index (χ0n) is 14.9. The van der Waals surface area contributed by atoms with Crippen molar-refractivity contribution >= 4 is 28.4 Å². The third-order valence-corrected chi connectivity index (χ3v) is 4.71. The van der Waals surface area contributed by atoms with E-state index in [2.05, 4.69) is 10.3 Å². The van der Waals surface area contributed by atoms with Crippen LogP contribution in [0.5, 0.6) is 0 Å². The van der Waals surface area contributed by atoms with Crippen molar-refractivity contribution in [2.75, 3.05) is 31.6 Å². The molecule has 2 amide bonds. The van der Waals surface area contributed by atoms with E-state index < -0.39 is 0 Å². The number of nitrogens with one attached hydrogen (secondary N) is 2. The standard InChI is InChI=1S/C21H21N3O3/c25-20(24-9-11-27-12-10-24)13-15-5-7-17(8-6-15)22-21(26)19-14-16-3-1-2-4-18(16)23-19/h1-8,14,23H,9-13H2,(H,22,26). The predicted octanol–water partition coefficient (Wildman–Crippen LogP) is 2.82. The van der Waals surface area contributed by atoms with Crippen molar-refractivity contribution in [1.29, 1.82) is 0 Å². The third kappa shape index (κ3) is 4.01. The van der Waals surface area contributed by atoms with Gasteiger partial charge in [0.15, 0.2) is 0 Å². The van der Waals surface area contributed by atoms with E-state index in [1.807, 2.05) is 59.5 Å². The van der Waals surface area contributed by atoms with Crippen LogP contribution in [0.15, 0.2) is 54.6 Å². The van der Waals surface area contributed by atoms with Gasteiger partial charge in [0, 0.05) is 29.7 Å². The molecular formula is C21H21N3O3. The molecule has 1 saturated heterocycles. The second-order valence-corrected chi connectivity index (χ2v) is 6.59. The summed E-state index contributed by atoms with van der Waals surface area (Å²) in [7, 11) is 0. The highest BCUT2D eigenvalue weighted by atomic mass is 16.5. The molecule has 0 saturated carbocycles. The van der Waals surface area contributed by atoms with Gasteiger partial charge in [-0.25, -0.2) is 0 Å². The average Bonchev–Trinajstić information content (AvgIpc) is 3.14. The number of ether oxygens (including phenoxy) is 1. The largest absolute Gasteiger partial charge is 0.378 e.